The van der Waals surface area contributed by atoms with E-state index in [9.17, 15) is 5.11 Å². The molecule has 3 nitrogen and oxygen atoms in total. The number of para-hydroxylation sites is 1. The fourth-order valence-corrected chi connectivity index (χ4v) is 3.72. The van der Waals surface area contributed by atoms with Crippen molar-refractivity contribution < 1.29 is 9.84 Å². The second-order valence-corrected chi connectivity index (χ2v) is 7.48. The molecule has 4 atom stereocenters. The number of rotatable bonds is 7. The average molecular weight is 319 g/mol. The van der Waals surface area contributed by atoms with E-state index in [2.05, 4.69) is 44.7 Å². The summed E-state index contributed by atoms with van der Waals surface area (Å²) in [6.45, 7) is 12.3. The standard InChI is InChI=1S/C20H33NO2/c1-5-17(4)19-8-6-7-9-20(19)23-14-18(22)13-21-11-15(2)10-16(3)12-21/h6-9,15-18,22H,5,10-14H2,1-4H3/t15-,16+,17-,18-/m1/s1. The summed E-state index contributed by atoms with van der Waals surface area (Å²) in [4.78, 5) is 2.38. The molecule has 0 unspecified atom stereocenters. The van der Waals surface area contributed by atoms with E-state index in [0.717, 1.165) is 37.1 Å². The molecule has 0 spiro atoms. The number of aliphatic hydroxyl groups is 1. The molecule has 0 bridgehead atoms. The fraction of sp³-hybridized carbons (Fsp3) is 0.700. The number of likely N-dealkylation sites (tertiary alicyclic amines) is 1. The van der Waals surface area contributed by atoms with Crippen LogP contribution >= 0.6 is 0 Å². The predicted octanol–water partition coefficient (Wildman–Crippen LogP) is 3.92. The van der Waals surface area contributed by atoms with Gasteiger partial charge in [0.2, 0.25) is 0 Å². The molecule has 1 heterocycles. The van der Waals surface area contributed by atoms with Crippen LogP contribution in [0.15, 0.2) is 24.3 Å². The van der Waals surface area contributed by atoms with Gasteiger partial charge in [-0.2, -0.15) is 0 Å². The predicted molar refractivity (Wildman–Crippen MR) is 96.0 cm³/mol. The Labute approximate surface area is 141 Å². The summed E-state index contributed by atoms with van der Waals surface area (Å²) in [6, 6.07) is 8.20. The van der Waals surface area contributed by atoms with Gasteiger partial charge < -0.3 is 14.7 Å². The Hall–Kier alpha value is -1.06. The second-order valence-electron chi connectivity index (χ2n) is 7.48. The molecule has 130 valence electrons. The molecular weight excluding hydrogens is 286 g/mol. The topological polar surface area (TPSA) is 32.7 Å². The molecule has 0 radical (unpaired) electrons. The van der Waals surface area contributed by atoms with E-state index in [1.807, 2.05) is 12.1 Å². The van der Waals surface area contributed by atoms with Crippen molar-refractivity contribution in [2.75, 3.05) is 26.2 Å². The molecule has 23 heavy (non-hydrogen) atoms. The zero-order chi connectivity index (χ0) is 16.8. The van der Waals surface area contributed by atoms with Crippen LogP contribution in [0, 0.1) is 11.8 Å². The third kappa shape index (κ3) is 5.50. The van der Waals surface area contributed by atoms with Crippen molar-refractivity contribution in [2.24, 2.45) is 11.8 Å². The van der Waals surface area contributed by atoms with Crippen LogP contribution in [0.3, 0.4) is 0 Å². The molecule has 1 aliphatic heterocycles. The highest BCUT2D eigenvalue weighted by Gasteiger charge is 2.23. The monoisotopic (exact) mass is 319 g/mol. The van der Waals surface area contributed by atoms with Crippen LogP contribution in [0.25, 0.3) is 0 Å². The Balaban J connectivity index is 1.86. The zero-order valence-electron chi connectivity index (χ0n) is 15.2. The van der Waals surface area contributed by atoms with Gasteiger partial charge in [-0.1, -0.05) is 45.9 Å². The molecule has 1 aliphatic rings. The number of hydrogen-bond donors (Lipinski definition) is 1. The highest BCUT2D eigenvalue weighted by molar-refractivity contribution is 5.35. The normalized spacial score (nSPS) is 25.1. The summed E-state index contributed by atoms with van der Waals surface area (Å²) >= 11 is 0. The first-order valence-electron chi connectivity index (χ1n) is 9.11. The first-order valence-corrected chi connectivity index (χ1v) is 9.11. The molecular formula is C20H33NO2. The number of aliphatic hydroxyl groups excluding tert-OH is 1. The molecule has 1 N–H and O–H groups in total. The van der Waals surface area contributed by atoms with Crippen LogP contribution in [0.2, 0.25) is 0 Å². The molecule has 0 amide bonds. The van der Waals surface area contributed by atoms with Gasteiger partial charge >= 0.3 is 0 Å². The minimum absolute atomic E-state index is 0.368. The maximum absolute atomic E-state index is 10.4. The summed E-state index contributed by atoms with van der Waals surface area (Å²) in [5, 5.41) is 10.4. The number of nitrogens with zero attached hydrogens (tertiary/aromatic N) is 1. The van der Waals surface area contributed by atoms with Gasteiger partial charge in [-0.05, 0) is 42.2 Å². The van der Waals surface area contributed by atoms with Crippen molar-refractivity contribution in [3.63, 3.8) is 0 Å². The first-order chi connectivity index (χ1) is 11.0. The second kappa shape index (κ2) is 8.70. The van der Waals surface area contributed by atoms with E-state index < -0.39 is 6.10 Å². The Morgan fingerprint density at radius 1 is 1.22 bits per heavy atom. The van der Waals surface area contributed by atoms with Crippen LogP contribution in [0.4, 0.5) is 0 Å². The Kier molecular flexibility index (Phi) is 6.91. The summed E-state index contributed by atoms with van der Waals surface area (Å²) < 4.78 is 5.94. The van der Waals surface area contributed by atoms with E-state index in [1.54, 1.807) is 0 Å². The van der Waals surface area contributed by atoms with Crippen LogP contribution < -0.4 is 4.74 Å². The van der Waals surface area contributed by atoms with E-state index in [0.29, 0.717) is 19.1 Å². The van der Waals surface area contributed by atoms with Crippen molar-refractivity contribution in [3.05, 3.63) is 29.8 Å². The van der Waals surface area contributed by atoms with Gasteiger partial charge in [-0.3, -0.25) is 0 Å². The van der Waals surface area contributed by atoms with Crippen molar-refractivity contribution in [1.82, 2.24) is 4.90 Å². The number of ether oxygens (including phenoxy) is 1. The van der Waals surface area contributed by atoms with Crippen LogP contribution in [0.1, 0.15) is 52.0 Å². The molecule has 2 rings (SSSR count). The third-order valence-electron chi connectivity index (χ3n) is 4.91. The number of benzene rings is 1. The first kappa shape index (κ1) is 18.3. The lowest BCUT2D eigenvalue weighted by Gasteiger charge is -2.36. The third-order valence-corrected chi connectivity index (χ3v) is 4.91. The van der Waals surface area contributed by atoms with Crippen LogP contribution in [-0.4, -0.2) is 42.4 Å². The number of hydrogen-bond acceptors (Lipinski definition) is 3. The van der Waals surface area contributed by atoms with Gasteiger partial charge in [0, 0.05) is 19.6 Å². The lowest BCUT2D eigenvalue weighted by atomic mass is 9.92. The van der Waals surface area contributed by atoms with Crippen molar-refractivity contribution in [1.29, 1.82) is 0 Å². The SMILES string of the molecule is CC[C@@H](C)c1ccccc1OC[C@H](O)CN1C[C@H](C)C[C@H](C)C1. The quantitative estimate of drug-likeness (QED) is 0.827. The Morgan fingerprint density at radius 3 is 2.52 bits per heavy atom. The summed E-state index contributed by atoms with van der Waals surface area (Å²) in [6.07, 6.45) is 1.95. The van der Waals surface area contributed by atoms with Crippen molar-refractivity contribution >= 4 is 0 Å². The van der Waals surface area contributed by atoms with Gasteiger partial charge in [-0.25, -0.2) is 0 Å². The van der Waals surface area contributed by atoms with Crippen LogP contribution in [-0.2, 0) is 0 Å². The summed E-state index contributed by atoms with van der Waals surface area (Å²) in [7, 11) is 0. The largest absolute Gasteiger partial charge is 0.491 e. The van der Waals surface area contributed by atoms with E-state index in [1.165, 1.54) is 12.0 Å². The molecule has 0 aliphatic carbocycles. The lowest BCUT2D eigenvalue weighted by Crippen LogP contribution is -2.44. The highest BCUT2D eigenvalue weighted by atomic mass is 16.5. The maximum atomic E-state index is 10.4. The highest BCUT2D eigenvalue weighted by Crippen LogP contribution is 2.28. The van der Waals surface area contributed by atoms with Crippen LogP contribution in [0.5, 0.6) is 5.75 Å². The fourth-order valence-electron chi connectivity index (χ4n) is 3.72. The maximum Gasteiger partial charge on any atom is 0.122 e. The smallest absolute Gasteiger partial charge is 0.122 e. The molecule has 0 saturated carbocycles. The Bertz CT molecular complexity index is 466. The van der Waals surface area contributed by atoms with E-state index in [-0.39, 0.29) is 0 Å². The van der Waals surface area contributed by atoms with Gasteiger partial charge in [0.05, 0.1) is 0 Å². The minimum atomic E-state index is -0.433. The Morgan fingerprint density at radius 2 is 1.87 bits per heavy atom. The molecule has 1 aromatic carbocycles. The summed E-state index contributed by atoms with van der Waals surface area (Å²) in [5.74, 6) is 2.84. The molecule has 1 fully saturated rings. The molecule has 1 saturated heterocycles. The number of piperidine rings is 1. The lowest BCUT2D eigenvalue weighted by molar-refractivity contribution is 0.0426. The van der Waals surface area contributed by atoms with E-state index >= 15 is 0 Å². The van der Waals surface area contributed by atoms with Crippen molar-refractivity contribution in [3.8, 4) is 5.75 Å². The van der Waals surface area contributed by atoms with Crippen molar-refractivity contribution in [2.45, 2.75) is 52.6 Å². The molecule has 3 heteroatoms. The minimum Gasteiger partial charge on any atom is -0.491 e. The van der Waals surface area contributed by atoms with Gasteiger partial charge in [0.1, 0.15) is 18.5 Å². The molecule has 1 aromatic rings. The van der Waals surface area contributed by atoms with Gasteiger partial charge in [0.15, 0.2) is 0 Å². The zero-order valence-corrected chi connectivity index (χ0v) is 15.2. The van der Waals surface area contributed by atoms with E-state index in [4.69, 9.17) is 4.74 Å². The number of β-amino-alcohol motifs (C(OH)–C–C–N with tert-alkyl or cyclic N) is 1. The van der Waals surface area contributed by atoms with Gasteiger partial charge in [-0.15, -0.1) is 0 Å². The van der Waals surface area contributed by atoms with Gasteiger partial charge in [0.25, 0.3) is 0 Å². The summed E-state index contributed by atoms with van der Waals surface area (Å²) in [5.41, 5.74) is 1.24. The average Bonchev–Trinajstić information content (AvgIpc) is 2.51. The molecule has 0 aromatic heterocycles.